The maximum atomic E-state index is 11.9. The van der Waals surface area contributed by atoms with Crippen molar-refractivity contribution in [3.8, 4) is 11.1 Å². The van der Waals surface area contributed by atoms with Gasteiger partial charge >= 0.3 is 0 Å². The Bertz CT molecular complexity index is 780. The number of hydrogen-bond donors (Lipinski definition) is 1. The molecule has 0 saturated carbocycles. The van der Waals surface area contributed by atoms with Crippen molar-refractivity contribution >= 4 is 15.7 Å². The van der Waals surface area contributed by atoms with Crippen LogP contribution in [0.1, 0.15) is 17.5 Å². The third-order valence-corrected chi connectivity index (χ3v) is 5.83. The molecule has 0 aliphatic carbocycles. The Kier molecular flexibility index (Phi) is 3.93. The summed E-state index contributed by atoms with van der Waals surface area (Å²) in [5.41, 5.74) is 10.9. The first-order chi connectivity index (χ1) is 10.4. The van der Waals surface area contributed by atoms with E-state index in [1.54, 1.807) is 4.31 Å². The fourth-order valence-corrected chi connectivity index (χ4v) is 4.41. The van der Waals surface area contributed by atoms with Gasteiger partial charge in [0.1, 0.15) is 0 Å². The van der Waals surface area contributed by atoms with Crippen molar-refractivity contribution in [1.82, 2.24) is 4.31 Å². The van der Waals surface area contributed by atoms with E-state index in [0.717, 1.165) is 34.4 Å². The van der Waals surface area contributed by atoms with Crippen molar-refractivity contribution in [3.05, 3.63) is 53.6 Å². The second kappa shape index (κ2) is 5.74. The quantitative estimate of drug-likeness (QED) is 0.886. The van der Waals surface area contributed by atoms with Gasteiger partial charge in [-0.15, -0.1) is 0 Å². The third kappa shape index (κ3) is 3.15. The average Bonchev–Trinajstić information content (AvgIpc) is 2.77. The van der Waals surface area contributed by atoms with Crippen molar-refractivity contribution in [1.29, 1.82) is 0 Å². The number of hydrogen-bond acceptors (Lipinski definition) is 3. The lowest BCUT2D eigenvalue weighted by molar-refractivity contribution is 0.440. The molecule has 1 aliphatic rings. The first-order valence-corrected chi connectivity index (χ1v) is 8.99. The fraction of sp³-hybridized carbons (Fsp3) is 0.294. The topological polar surface area (TPSA) is 63.4 Å². The van der Waals surface area contributed by atoms with Crippen LogP contribution in [0.5, 0.6) is 0 Å². The van der Waals surface area contributed by atoms with Gasteiger partial charge in [0, 0.05) is 18.8 Å². The highest BCUT2D eigenvalue weighted by molar-refractivity contribution is 7.89. The lowest BCUT2D eigenvalue weighted by Gasteiger charge is -2.15. The van der Waals surface area contributed by atoms with Gasteiger partial charge in [-0.3, -0.25) is 0 Å². The number of nitrogen functional groups attached to an aromatic ring is 1. The van der Waals surface area contributed by atoms with Crippen molar-refractivity contribution in [2.75, 3.05) is 18.0 Å². The zero-order valence-corrected chi connectivity index (χ0v) is 13.4. The van der Waals surface area contributed by atoms with E-state index in [4.69, 9.17) is 5.73 Å². The van der Waals surface area contributed by atoms with E-state index >= 15 is 0 Å². The first kappa shape index (κ1) is 15.1. The maximum absolute atomic E-state index is 11.9. The zero-order valence-electron chi connectivity index (χ0n) is 12.6. The minimum atomic E-state index is -3.06. The summed E-state index contributed by atoms with van der Waals surface area (Å²) in [4.78, 5) is 0. The molecule has 0 radical (unpaired) electrons. The Morgan fingerprint density at radius 2 is 1.95 bits per heavy atom. The number of anilines is 1. The van der Waals surface area contributed by atoms with Crippen molar-refractivity contribution in [3.63, 3.8) is 0 Å². The smallest absolute Gasteiger partial charge is 0.214 e. The van der Waals surface area contributed by atoms with E-state index in [-0.39, 0.29) is 5.75 Å². The standard InChI is InChI=1S/C17H20N2O2S/c1-13-8-16(11-17(18)9-13)15-5-2-4-14(10-15)12-19-6-3-7-22(19,20)21/h2,4-5,8-11H,3,6-7,12,18H2,1H3. The summed E-state index contributed by atoms with van der Waals surface area (Å²) in [6.07, 6.45) is 0.719. The minimum absolute atomic E-state index is 0.265. The van der Waals surface area contributed by atoms with Crippen LogP contribution in [0.2, 0.25) is 0 Å². The number of aryl methyl sites for hydroxylation is 1. The predicted molar refractivity (Wildman–Crippen MR) is 89.8 cm³/mol. The largest absolute Gasteiger partial charge is 0.399 e. The van der Waals surface area contributed by atoms with Crippen LogP contribution in [0.3, 0.4) is 0 Å². The first-order valence-electron chi connectivity index (χ1n) is 7.38. The van der Waals surface area contributed by atoms with E-state index < -0.39 is 10.0 Å². The number of nitrogens with two attached hydrogens (primary N) is 1. The number of rotatable bonds is 3. The van der Waals surface area contributed by atoms with Gasteiger partial charge in [-0.25, -0.2) is 8.42 Å². The van der Waals surface area contributed by atoms with Crippen LogP contribution in [0.15, 0.2) is 42.5 Å². The molecule has 0 atom stereocenters. The molecule has 0 unspecified atom stereocenters. The van der Waals surface area contributed by atoms with E-state index in [2.05, 4.69) is 6.07 Å². The highest BCUT2D eigenvalue weighted by Gasteiger charge is 2.27. The zero-order chi connectivity index (χ0) is 15.7. The Morgan fingerprint density at radius 1 is 1.14 bits per heavy atom. The summed E-state index contributed by atoms with van der Waals surface area (Å²) >= 11 is 0. The van der Waals surface area contributed by atoms with Gasteiger partial charge < -0.3 is 5.73 Å². The Morgan fingerprint density at radius 3 is 2.64 bits per heavy atom. The summed E-state index contributed by atoms with van der Waals surface area (Å²) in [6, 6.07) is 14.0. The van der Waals surface area contributed by atoms with Gasteiger partial charge in [-0.1, -0.05) is 24.3 Å². The average molecular weight is 316 g/mol. The molecule has 0 aromatic heterocycles. The molecule has 1 fully saturated rings. The van der Waals surface area contributed by atoms with Gasteiger partial charge in [0.25, 0.3) is 0 Å². The minimum Gasteiger partial charge on any atom is -0.399 e. The molecule has 0 bridgehead atoms. The van der Waals surface area contributed by atoms with Gasteiger partial charge in [-0.05, 0) is 53.8 Å². The SMILES string of the molecule is Cc1cc(N)cc(-c2cccc(CN3CCCS3(=O)=O)c2)c1. The third-order valence-electron chi connectivity index (χ3n) is 3.92. The van der Waals surface area contributed by atoms with Crippen LogP contribution in [0.25, 0.3) is 11.1 Å². The van der Waals surface area contributed by atoms with E-state index in [9.17, 15) is 8.42 Å². The molecular weight excluding hydrogens is 296 g/mol. The highest BCUT2D eigenvalue weighted by atomic mass is 32.2. The molecular formula is C17H20N2O2S. The van der Waals surface area contributed by atoms with Crippen molar-refractivity contribution < 1.29 is 8.42 Å². The fourth-order valence-electron chi connectivity index (χ4n) is 2.90. The van der Waals surface area contributed by atoms with Crippen molar-refractivity contribution in [2.45, 2.75) is 19.9 Å². The molecule has 2 N–H and O–H groups in total. The van der Waals surface area contributed by atoms with E-state index in [1.807, 2.05) is 43.3 Å². The van der Waals surface area contributed by atoms with Crippen molar-refractivity contribution in [2.24, 2.45) is 0 Å². The van der Waals surface area contributed by atoms with Gasteiger partial charge in [0.2, 0.25) is 10.0 Å². The number of nitrogens with zero attached hydrogens (tertiary/aromatic N) is 1. The predicted octanol–water partition coefficient (Wildman–Crippen LogP) is 2.78. The normalized spacial score (nSPS) is 17.7. The lowest BCUT2D eigenvalue weighted by Crippen LogP contribution is -2.25. The molecule has 116 valence electrons. The Labute approximate surface area is 131 Å². The van der Waals surface area contributed by atoms with Gasteiger partial charge in [0.15, 0.2) is 0 Å². The molecule has 4 nitrogen and oxygen atoms in total. The van der Waals surface area contributed by atoms with E-state index in [0.29, 0.717) is 13.1 Å². The van der Waals surface area contributed by atoms with Gasteiger partial charge in [-0.2, -0.15) is 4.31 Å². The summed E-state index contributed by atoms with van der Waals surface area (Å²) in [6.45, 7) is 3.07. The second-order valence-corrected chi connectivity index (χ2v) is 7.92. The molecule has 2 aromatic rings. The van der Waals surface area contributed by atoms with Crippen LogP contribution < -0.4 is 5.73 Å². The Hall–Kier alpha value is -1.85. The van der Waals surface area contributed by atoms with Crippen LogP contribution in [0, 0.1) is 6.92 Å². The highest BCUT2D eigenvalue weighted by Crippen LogP contribution is 2.25. The molecule has 1 saturated heterocycles. The Balaban J connectivity index is 1.89. The van der Waals surface area contributed by atoms with Crippen LogP contribution in [-0.4, -0.2) is 25.0 Å². The number of sulfonamides is 1. The summed E-state index contributed by atoms with van der Waals surface area (Å²) < 4.78 is 25.4. The molecule has 3 rings (SSSR count). The van der Waals surface area contributed by atoms with Gasteiger partial charge in [0.05, 0.1) is 5.75 Å². The lowest BCUT2D eigenvalue weighted by atomic mass is 10.0. The maximum Gasteiger partial charge on any atom is 0.214 e. The molecule has 5 heteroatoms. The second-order valence-electron chi connectivity index (χ2n) is 5.84. The van der Waals surface area contributed by atoms with Crippen LogP contribution in [0.4, 0.5) is 5.69 Å². The number of benzene rings is 2. The van der Waals surface area contributed by atoms with E-state index in [1.165, 1.54) is 0 Å². The summed E-state index contributed by atoms with van der Waals surface area (Å²) in [7, 11) is -3.06. The summed E-state index contributed by atoms with van der Waals surface area (Å²) in [5.74, 6) is 0.265. The molecule has 22 heavy (non-hydrogen) atoms. The molecule has 1 heterocycles. The van der Waals surface area contributed by atoms with Crippen LogP contribution in [-0.2, 0) is 16.6 Å². The molecule has 2 aromatic carbocycles. The monoisotopic (exact) mass is 316 g/mol. The molecule has 0 spiro atoms. The summed E-state index contributed by atoms with van der Waals surface area (Å²) in [5, 5.41) is 0. The molecule has 0 amide bonds. The van der Waals surface area contributed by atoms with Crippen LogP contribution >= 0.6 is 0 Å². The molecule has 1 aliphatic heterocycles.